The first-order chi connectivity index (χ1) is 19.2. The number of carbonyl (C=O) groups is 3. The van der Waals surface area contributed by atoms with Crippen molar-refractivity contribution >= 4 is 39.2 Å². The van der Waals surface area contributed by atoms with E-state index in [0.717, 1.165) is 5.56 Å². The van der Waals surface area contributed by atoms with E-state index in [0.29, 0.717) is 41.7 Å². The number of methoxy groups -OCH3 is 3. The van der Waals surface area contributed by atoms with Gasteiger partial charge >= 0.3 is 0 Å². The maximum Gasteiger partial charge on any atom is 0.260 e. The molecular formula is C30H23NO9. The van der Waals surface area contributed by atoms with Gasteiger partial charge in [-0.2, -0.15) is 0 Å². The van der Waals surface area contributed by atoms with Crippen LogP contribution in [0.1, 0.15) is 54.9 Å². The van der Waals surface area contributed by atoms with E-state index in [2.05, 4.69) is 0 Å². The highest BCUT2D eigenvalue weighted by Crippen LogP contribution is 2.45. The maximum atomic E-state index is 14.1. The number of nitrogens with zero attached hydrogens (tertiary/aromatic N) is 1. The summed E-state index contributed by atoms with van der Waals surface area (Å²) in [5, 5.41) is 0.957. The molecule has 1 atom stereocenters. The molecule has 0 N–H and O–H groups in total. The van der Waals surface area contributed by atoms with E-state index in [1.165, 1.54) is 39.5 Å². The number of fused-ring (bicyclic) bond motifs is 7. The summed E-state index contributed by atoms with van der Waals surface area (Å²) in [6.45, 7) is 2.71. The van der Waals surface area contributed by atoms with Crippen molar-refractivity contribution in [2.75, 3.05) is 34.5 Å². The quantitative estimate of drug-likeness (QED) is 0.338. The third-order valence-electron chi connectivity index (χ3n) is 8.12. The summed E-state index contributed by atoms with van der Waals surface area (Å²) < 4.78 is 28.2. The Hall–Kier alpha value is -4.70. The van der Waals surface area contributed by atoms with Crippen molar-refractivity contribution in [1.29, 1.82) is 0 Å². The van der Waals surface area contributed by atoms with Crippen LogP contribution in [-0.2, 0) is 11.2 Å². The van der Waals surface area contributed by atoms with Crippen molar-refractivity contribution in [3.63, 3.8) is 0 Å². The highest BCUT2D eigenvalue weighted by molar-refractivity contribution is 6.32. The summed E-state index contributed by atoms with van der Waals surface area (Å²) in [7, 11) is 4.27. The van der Waals surface area contributed by atoms with Gasteiger partial charge in [0, 0.05) is 35.5 Å². The lowest BCUT2D eigenvalue weighted by Gasteiger charge is -2.39. The van der Waals surface area contributed by atoms with Crippen LogP contribution in [0, 0.1) is 0 Å². The zero-order valence-corrected chi connectivity index (χ0v) is 22.1. The molecular weight excluding hydrogens is 518 g/mol. The number of ether oxygens (including phenoxy) is 4. The Morgan fingerprint density at radius 1 is 0.875 bits per heavy atom. The summed E-state index contributed by atoms with van der Waals surface area (Å²) in [6, 6.07) is 7.93. The topological polar surface area (TPSA) is 122 Å². The first kappa shape index (κ1) is 24.3. The molecule has 10 nitrogen and oxygen atoms in total. The van der Waals surface area contributed by atoms with Crippen molar-refractivity contribution in [1.82, 2.24) is 4.90 Å². The van der Waals surface area contributed by atoms with Gasteiger partial charge in [-0.1, -0.05) is 6.07 Å². The number of hydrogen-bond acceptors (Lipinski definition) is 9. The Kier molecular flexibility index (Phi) is 4.96. The van der Waals surface area contributed by atoms with Crippen LogP contribution < -0.4 is 19.6 Å². The fraction of sp³-hybridized carbons (Fsp3) is 0.267. The van der Waals surface area contributed by atoms with Crippen LogP contribution in [0.15, 0.2) is 39.5 Å². The Labute approximate surface area is 227 Å². The van der Waals surface area contributed by atoms with Crippen molar-refractivity contribution in [3.8, 4) is 17.2 Å². The lowest BCUT2D eigenvalue weighted by Crippen LogP contribution is -2.51. The average Bonchev–Trinajstić information content (AvgIpc) is 3.35. The van der Waals surface area contributed by atoms with Gasteiger partial charge in [0.1, 0.15) is 22.6 Å². The molecule has 10 heteroatoms. The van der Waals surface area contributed by atoms with E-state index in [4.69, 9.17) is 23.4 Å². The zero-order chi connectivity index (χ0) is 28.1. The molecule has 4 aromatic rings. The number of benzene rings is 3. The minimum atomic E-state index is -0.772. The standard InChI is InChI=1S/C30H23NO9/c1-30-12-14-9-13-5-6-15-22(20(13)27(38-4)21(14)29(35)31(30)7-8-39-30)26(34)23-24(32)16-10-18(36-2)19(37-3)11-17(16)40-28(23)25(15)33/h5-6,9-11H,7-8,12H2,1-4H3. The zero-order valence-electron chi connectivity index (χ0n) is 22.1. The second-order valence-electron chi connectivity index (χ2n) is 10.2. The van der Waals surface area contributed by atoms with E-state index >= 15 is 0 Å². The summed E-state index contributed by atoms with van der Waals surface area (Å²) in [5.74, 6) is -1.17. The summed E-state index contributed by atoms with van der Waals surface area (Å²) in [6.07, 6.45) is 0.439. The monoisotopic (exact) mass is 541 g/mol. The molecule has 1 aliphatic carbocycles. The molecule has 40 heavy (non-hydrogen) atoms. The molecule has 1 saturated heterocycles. The van der Waals surface area contributed by atoms with Crippen molar-refractivity contribution in [2.45, 2.75) is 19.1 Å². The fourth-order valence-corrected chi connectivity index (χ4v) is 6.27. The van der Waals surface area contributed by atoms with Crippen LogP contribution in [0.3, 0.4) is 0 Å². The number of amides is 1. The van der Waals surface area contributed by atoms with E-state index in [9.17, 15) is 19.2 Å². The number of carbonyl (C=O) groups excluding carboxylic acids is 3. The molecule has 3 heterocycles. The van der Waals surface area contributed by atoms with E-state index in [1.807, 2.05) is 13.0 Å². The predicted octanol–water partition coefficient (Wildman–Crippen LogP) is 3.49. The third-order valence-corrected chi connectivity index (χ3v) is 8.12. The largest absolute Gasteiger partial charge is 0.495 e. The normalized spacial score (nSPS) is 19.4. The molecule has 1 fully saturated rings. The second-order valence-corrected chi connectivity index (χ2v) is 10.2. The van der Waals surface area contributed by atoms with E-state index in [-0.39, 0.29) is 50.8 Å². The molecule has 1 aromatic heterocycles. The van der Waals surface area contributed by atoms with Gasteiger partial charge < -0.3 is 28.3 Å². The van der Waals surface area contributed by atoms with Crippen molar-refractivity contribution in [3.05, 3.63) is 74.1 Å². The van der Waals surface area contributed by atoms with Gasteiger partial charge in [0.2, 0.25) is 17.0 Å². The Morgan fingerprint density at radius 3 is 2.35 bits per heavy atom. The average molecular weight is 542 g/mol. The molecule has 1 unspecified atom stereocenters. The molecule has 3 aromatic carbocycles. The SMILES string of the molecule is COc1cc2oc3c(c(=O)c2cc1OC)C(=O)c1c(ccc2cc4c(c(OC)c12)C(=O)N1CCOC1(C)C4)C3=O. The van der Waals surface area contributed by atoms with Gasteiger partial charge in [-0.3, -0.25) is 19.2 Å². The van der Waals surface area contributed by atoms with Crippen LogP contribution in [0.5, 0.6) is 17.2 Å². The molecule has 202 valence electrons. The molecule has 3 aliphatic rings. The number of ketones is 2. The van der Waals surface area contributed by atoms with Gasteiger partial charge in [-0.15, -0.1) is 0 Å². The Balaban J connectivity index is 1.52. The first-order valence-corrected chi connectivity index (χ1v) is 12.7. The Morgan fingerprint density at radius 2 is 1.62 bits per heavy atom. The highest BCUT2D eigenvalue weighted by atomic mass is 16.5. The molecule has 0 spiro atoms. The lowest BCUT2D eigenvalue weighted by atomic mass is 9.81. The number of rotatable bonds is 3. The van der Waals surface area contributed by atoms with Gasteiger partial charge in [0.15, 0.2) is 17.3 Å². The summed E-state index contributed by atoms with van der Waals surface area (Å²) in [4.78, 5) is 56.9. The molecule has 0 bridgehead atoms. The highest BCUT2D eigenvalue weighted by Gasteiger charge is 2.48. The third kappa shape index (κ3) is 2.96. The minimum Gasteiger partial charge on any atom is -0.495 e. The van der Waals surface area contributed by atoms with Gasteiger partial charge in [0.25, 0.3) is 5.91 Å². The second kappa shape index (κ2) is 8.15. The van der Waals surface area contributed by atoms with E-state index in [1.54, 1.807) is 11.0 Å². The fourth-order valence-electron chi connectivity index (χ4n) is 6.27. The minimum absolute atomic E-state index is 0.000541. The molecule has 0 saturated carbocycles. The number of hydrogen-bond donors (Lipinski definition) is 0. The van der Waals surface area contributed by atoms with Gasteiger partial charge in [-0.25, -0.2) is 0 Å². The predicted molar refractivity (Wildman–Crippen MR) is 142 cm³/mol. The van der Waals surface area contributed by atoms with Crippen LogP contribution in [0.25, 0.3) is 21.7 Å². The van der Waals surface area contributed by atoms with E-state index < -0.39 is 22.7 Å². The van der Waals surface area contributed by atoms with Crippen LogP contribution >= 0.6 is 0 Å². The lowest BCUT2D eigenvalue weighted by molar-refractivity contribution is -0.0568. The van der Waals surface area contributed by atoms with Crippen molar-refractivity contribution < 1.29 is 37.7 Å². The Bertz CT molecular complexity index is 1920. The molecule has 1 amide bonds. The van der Waals surface area contributed by atoms with Crippen molar-refractivity contribution in [2.24, 2.45) is 0 Å². The first-order valence-electron chi connectivity index (χ1n) is 12.7. The van der Waals surface area contributed by atoms with Crippen LogP contribution in [0.4, 0.5) is 0 Å². The molecule has 0 radical (unpaired) electrons. The van der Waals surface area contributed by atoms with Gasteiger partial charge in [-0.05, 0) is 36.1 Å². The smallest absolute Gasteiger partial charge is 0.260 e. The molecule has 2 aliphatic heterocycles. The summed E-state index contributed by atoms with van der Waals surface area (Å²) in [5.41, 5.74) is -0.640. The van der Waals surface area contributed by atoms with Gasteiger partial charge in [0.05, 0.1) is 38.9 Å². The molecule has 7 rings (SSSR count). The van der Waals surface area contributed by atoms with Crippen LogP contribution in [-0.4, -0.2) is 62.6 Å². The maximum absolute atomic E-state index is 14.1. The van der Waals surface area contributed by atoms with Crippen LogP contribution in [0.2, 0.25) is 0 Å². The summed E-state index contributed by atoms with van der Waals surface area (Å²) >= 11 is 0.